The standard InChI is InChI=1S/C16H33NO/c1-5-15(4)7-6-12-18-16-8-10-17(11-9-16)13-14(2)3/h14-16H,5-13H2,1-4H3. The van der Waals surface area contributed by atoms with E-state index in [2.05, 4.69) is 32.6 Å². The number of rotatable bonds is 8. The molecule has 2 nitrogen and oxygen atoms in total. The van der Waals surface area contributed by atoms with Crippen molar-refractivity contribution in [2.75, 3.05) is 26.2 Å². The van der Waals surface area contributed by atoms with Gasteiger partial charge in [-0.3, -0.25) is 0 Å². The van der Waals surface area contributed by atoms with E-state index in [1.165, 1.54) is 51.7 Å². The maximum atomic E-state index is 6.00. The summed E-state index contributed by atoms with van der Waals surface area (Å²) in [5.41, 5.74) is 0. The molecule has 0 spiro atoms. The Labute approximate surface area is 114 Å². The van der Waals surface area contributed by atoms with Crippen LogP contribution < -0.4 is 0 Å². The first-order chi connectivity index (χ1) is 8.61. The number of hydrogen-bond acceptors (Lipinski definition) is 2. The summed E-state index contributed by atoms with van der Waals surface area (Å²) in [6.07, 6.45) is 6.86. The van der Waals surface area contributed by atoms with Gasteiger partial charge in [0.1, 0.15) is 0 Å². The van der Waals surface area contributed by atoms with Crippen molar-refractivity contribution in [3.63, 3.8) is 0 Å². The summed E-state index contributed by atoms with van der Waals surface area (Å²) in [7, 11) is 0. The number of likely N-dealkylation sites (tertiary alicyclic amines) is 1. The molecule has 1 heterocycles. The molecule has 0 aromatic carbocycles. The lowest BCUT2D eigenvalue weighted by Crippen LogP contribution is -2.39. The SMILES string of the molecule is CCC(C)CCCOC1CCN(CC(C)C)CC1. The molecule has 0 N–H and O–H groups in total. The Morgan fingerprint density at radius 1 is 1.17 bits per heavy atom. The van der Waals surface area contributed by atoms with Crippen LogP contribution in [0.1, 0.15) is 59.8 Å². The van der Waals surface area contributed by atoms with Crippen molar-refractivity contribution in [1.29, 1.82) is 0 Å². The van der Waals surface area contributed by atoms with Gasteiger partial charge in [0.25, 0.3) is 0 Å². The zero-order chi connectivity index (χ0) is 13.4. The first-order valence-corrected chi connectivity index (χ1v) is 7.95. The molecular weight excluding hydrogens is 222 g/mol. The van der Waals surface area contributed by atoms with E-state index in [0.717, 1.165) is 18.4 Å². The zero-order valence-corrected chi connectivity index (χ0v) is 13.0. The van der Waals surface area contributed by atoms with E-state index in [1.807, 2.05) is 0 Å². The third-order valence-electron chi connectivity index (χ3n) is 4.05. The van der Waals surface area contributed by atoms with Gasteiger partial charge in [-0.2, -0.15) is 0 Å². The Balaban J connectivity index is 2.02. The molecule has 1 atom stereocenters. The van der Waals surface area contributed by atoms with Crippen LogP contribution in [0.4, 0.5) is 0 Å². The van der Waals surface area contributed by atoms with Crippen LogP contribution in [0, 0.1) is 11.8 Å². The van der Waals surface area contributed by atoms with Gasteiger partial charge in [0, 0.05) is 26.2 Å². The highest BCUT2D eigenvalue weighted by Crippen LogP contribution is 2.16. The molecule has 108 valence electrons. The monoisotopic (exact) mass is 255 g/mol. The molecule has 0 saturated carbocycles. The first kappa shape index (κ1) is 16.0. The predicted molar refractivity (Wildman–Crippen MR) is 78.9 cm³/mol. The first-order valence-electron chi connectivity index (χ1n) is 7.95. The smallest absolute Gasteiger partial charge is 0.0599 e. The molecule has 1 aliphatic rings. The molecule has 1 unspecified atom stereocenters. The highest BCUT2D eigenvalue weighted by molar-refractivity contribution is 4.73. The summed E-state index contributed by atoms with van der Waals surface area (Å²) in [6, 6.07) is 0. The van der Waals surface area contributed by atoms with Gasteiger partial charge < -0.3 is 9.64 Å². The van der Waals surface area contributed by atoms with E-state index in [-0.39, 0.29) is 0 Å². The molecule has 0 bridgehead atoms. The lowest BCUT2D eigenvalue weighted by Gasteiger charge is -2.32. The topological polar surface area (TPSA) is 12.5 Å². The molecule has 1 rings (SSSR count). The Hall–Kier alpha value is -0.0800. The summed E-state index contributed by atoms with van der Waals surface area (Å²) in [4.78, 5) is 2.59. The van der Waals surface area contributed by atoms with Gasteiger partial charge in [-0.1, -0.05) is 34.1 Å². The van der Waals surface area contributed by atoms with Crippen LogP contribution in [0.5, 0.6) is 0 Å². The van der Waals surface area contributed by atoms with Crippen molar-refractivity contribution < 1.29 is 4.74 Å². The molecule has 0 aliphatic carbocycles. The molecule has 0 aromatic heterocycles. The molecule has 1 saturated heterocycles. The van der Waals surface area contributed by atoms with E-state index in [1.54, 1.807) is 0 Å². The normalized spacial score (nSPS) is 20.5. The summed E-state index contributed by atoms with van der Waals surface area (Å²) < 4.78 is 6.00. The van der Waals surface area contributed by atoms with Gasteiger partial charge in [-0.25, -0.2) is 0 Å². The fourth-order valence-electron chi connectivity index (χ4n) is 2.66. The van der Waals surface area contributed by atoms with E-state index >= 15 is 0 Å². The number of ether oxygens (including phenoxy) is 1. The molecule has 0 aromatic rings. The van der Waals surface area contributed by atoms with Gasteiger partial charge in [0.15, 0.2) is 0 Å². The molecule has 2 heteroatoms. The van der Waals surface area contributed by atoms with Crippen molar-refractivity contribution in [2.45, 2.75) is 65.9 Å². The van der Waals surface area contributed by atoms with Crippen LogP contribution in [-0.4, -0.2) is 37.2 Å². The summed E-state index contributed by atoms with van der Waals surface area (Å²) in [5.74, 6) is 1.65. The third kappa shape index (κ3) is 6.75. The largest absolute Gasteiger partial charge is 0.378 e. The predicted octanol–water partition coefficient (Wildman–Crippen LogP) is 3.95. The minimum Gasteiger partial charge on any atom is -0.378 e. The van der Waals surface area contributed by atoms with Crippen LogP contribution in [0.25, 0.3) is 0 Å². The van der Waals surface area contributed by atoms with E-state index < -0.39 is 0 Å². The molecule has 0 radical (unpaired) electrons. The van der Waals surface area contributed by atoms with Gasteiger partial charge in [0.05, 0.1) is 6.10 Å². The Morgan fingerprint density at radius 3 is 2.39 bits per heavy atom. The highest BCUT2D eigenvalue weighted by atomic mass is 16.5. The Bertz CT molecular complexity index is 197. The summed E-state index contributed by atoms with van der Waals surface area (Å²) in [6.45, 7) is 13.9. The Kier molecular flexibility index (Phi) is 7.92. The van der Waals surface area contributed by atoms with Crippen molar-refractivity contribution in [3.05, 3.63) is 0 Å². The van der Waals surface area contributed by atoms with Crippen LogP contribution in [-0.2, 0) is 4.74 Å². The van der Waals surface area contributed by atoms with Crippen molar-refractivity contribution >= 4 is 0 Å². The van der Waals surface area contributed by atoms with Gasteiger partial charge in [-0.15, -0.1) is 0 Å². The summed E-state index contributed by atoms with van der Waals surface area (Å²) >= 11 is 0. The zero-order valence-electron chi connectivity index (χ0n) is 13.0. The van der Waals surface area contributed by atoms with E-state index in [4.69, 9.17) is 4.74 Å². The minimum absolute atomic E-state index is 0.533. The van der Waals surface area contributed by atoms with Crippen LogP contribution >= 0.6 is 0 Å². The molecule has 18 heavy (non-hydrogen) atoms. The van der Waals surface area contributed by atoms with Gasteiger partial charge in [-0.05, 0) is 37.5 Å². The van der Waals surface area contributed by atoms with Gasteiger partial charge in [0.2, 0.25) is 0 Å². The van der Waals surface area contributed by atoms with E-state index in [0.29, 0.717) is 6.10 Å². The third-order valence-corrected chi connectivity index (χ3v) is 4.05. The Morgan fingerprint density at radius 2 is 1.83 bits per heavy atom. The minimum atomic E-state index is 0.533. The van der Waals surface area contributed by atoms with Crippen molar-refractivity contribution in [1.82, 2.24) is 4.90 Å². The second-order valence-corrected chi connectivity index (χ2v) is 6.42. The van der Waals surface area contributed by atoms with Crippen LogP contribution in [0.2, 0.25) is 0 Å². The van der Waals surface area contributed by atoms with Crippen molar-refractivity contribution in [2.24, 2.45) is 11.8 Å². The number of piperidine rings is 1. The average Bonchev–Trinajstić information content (AvgIpc) is 2.35. The summed E-state index contributed by atoms with van der Waals surface area (Å²) in [5, 5.41) is 0. The quantitative estimate of drug-likeness (QED) is 0.609. The second-order valence-electron chi connectivity index (χ2n) is 6.42. The number of nitrogens with zero attached hydrogens (tertiary/aromatic N) is 1. The van der Waals surface area contributed by atoms with Gasteiger partial charge >= 0.3 is 0 Å². The maximum absolute atomic E-state index is 6.00. The lowest BCUT2D eigenvalue weighted by atomic mass is 10.0. The maximum Gasteiger partial charge on any atom is 0.0599 e. The fourth-order valence-corrected chi connectivity index (χ4v) is 2.66. The molecule has 1 fully saturated rings. The fraction of sp³-hybridized carbons (Fsp3) is 1.00. The molecular formula is C16H33NO. The lowest BCUT2D eigenvalue weighted by molar-refractivity contribution is 0.00304. The van der Waals surface area contributed by atoms with Crippen LogP contribution in [0.15, 0.2) is 0 Å². The average molecular weight is 255 g/mol. The van der Waals surface area contributed by atoms with Crippen LogP contribution in [0.3, 0.4) is 0 Å². The number of hydrogen-bond donors (Lipinski definition) is 0. The molecule has 0 amide bonds. The molecule has 1 aliphatic heterocycles. The highest BCUT2D eigenvalue weighted by Gasteiger charge is 2.19. The van der Waals surface area contributed by atoms with E-state index in [9.17, 15) is 0 Å². The second kappa shape index (κ2) is 8.92. The van der Waals surface area contributed by atoms with Crippen molar-refractivity contribution in [3.8, 4) is 0 Å².